The smallest absolute Gasteiger partial charge is 0.255 e. The second kappa shape index (κ2) is 11.2. The third-order valence-corrected chi connectivity index (χ3v) is 9.87. The molecule has 1 saturated heterocycles. The lowest BCUT2D eigenvalue weighted by Crippen LogP contribution is -2.63. The van der Waals surface area contributed by atoms with Crippen LogP contribution >= 0.6 is 11.8 Å². The summed E-state index contributed by atoms with van der Waals surface area (Å²) < 4.78 is 0. The molecule has 1 aromatic rings. The van der Waals surface area contributed by atoms with Crippen molar-refractivity contribution >= 4 is 46.5 Å². The molecule has 5 rings (SSSR count). The zero-order valence-corrected chi connectivity index (χ0v) is 25.3. The Morgan fingerprint density at radius 3 is 2.37 bits per heavy atom. The van der Waals surface area contributed by atoms with E-state index in [1.165, 1.54) is 4.90 Å². The third kappa shape index (κ3) is 4.86. The average molecular weight is 616 g/mol. The molecule has 0 saturated carbocycles. The number of rotatable bonds is 6. The molecule has 2 unspecified atom stereocenters. The zero-order chi connectivity index (χ0) is 31.5. The van der Waals surface area contributed by atoms with Crippen LogP contribution in [-0.4, -0.2) is 125 Å². The predicted octanol–water partition coefficient (Wildman–Crippen LogP) is 0.174. The number of hydrogen-bond acceptors (Lipinski definition) is 12. The number of hydrogen-bond donors (Lipinski definition) is 6. The van der Waals surface area contributed by atoms with Crippen molar-refractivity contribution in [2.45, 2.75) is 24.5 Å². The number of phenols is 1. The summed E-state index contributed by atoms with van der Waals surface area (Å²) in [4.78, 5) is 58.0. The number of aliphatic hydroxyl groups excluding tert-OH is 2. The van der Waals surface area contributed by atoms with Gasteiger partial charge in [0, 0.05) is 55.9 Å². The highest BCUT2D eigenvalue weighted by Crippen LogP contribution is 2.53. The largest absolute Gasteiger partial charge is 0.510 e. The first-order chi connectivity index (χ1) is 20.2. The Labute approximate surface area is 253 Å². The number of nitrogens with zero attached hydrogens (tertiary/aromatic N) is 3. The van der Waals surface area contributed by atoms with Crippen LogP contribution in [0.15, 0.2) is 28.7 Å². The lowest BCUT2D eigenvalue weighted by atomic mass is 9.58. The fourth-order valence-electron chi connectivity index (χ4n) is 6.95. The van der Waals surface area contributed by atoms with Crippen molar-refractivity contribution in [1.82, 2.24) is 9.80 Å². The third-order valence-electron chi connectivity index (χ3n) is 8.93. The standard InChI is InChI=1S/C29H37N5O8S/c1-32(2)17-11-16(31-18(35)12-34-5-7-43-8-6-34)23(36)20-14(17)9-13-10-15-22(33(3)4)25(38)21(28(30)41)27(40)29(15,42)26(39)19(13)24(20)37/h11,13,15,22,36,38-39,42H,5-10,12H2,1-4H3,(H2,30,41)(H,31,35)/t13?,15?,22-,29-/m0/s1. The van der Waals surface area contributed by atoms with Crippen molar-refractivity contribution in [3.05, 3.63) is 39.9 Å². The summed E-state index contributed by atoms with van der Waals surface area (Å²) in [6.45, 7) is 1.63. The van der Waals surface area contributed by atoms with Crippen LogP contribution in [0.3, 0.4) is 0 Å². The number of carbonyl (C=O) groups excluding carboxylic acids is 4. The topological polar surface area (TPSA) is 197 Å². The molecule has 3 aliphatic carbocycles. The molecule has 0 bridgehead atoms. The van der Waals surface area contributed by atoms with E-state index in [2.05, 4.69) is 5.32 Å². The van der Waals surface area contributed by atoms with Gasteiger partial charge in [0.15, 0.2) is 17.1 Å². The minimum absolute atomic E-state index is 0.00794. The Morgan fingerprint density at radius 1 is 1.14 bits per heavy atom. The highest BCUT2D eigenvalue weighted by atomic mass is 32.2. The first-order valence-corrected chi connectivity index (χ1v) is 15.2. The minimum atomic E-state index is -2.72. The van der Waals surface area contributed by atoms with Gasteiger partial charge < -0.3 is 36.4 Å². The summed E-state index contributed by atoms with van der Waals surface area (Å²) in [6, 6.07) is 0.530. The number of benzene rings is 1. The SMILES string of the molecule is CN(C)c1cc(NC(=O)CN2CCSCC2)c(O)c2c1CC1CC3[C@H](N(C)C)C(O)=C(C(N)=O)C(=O)[C@@]3(O)C(O)=C1C2=O. The fourth-order valence-corrected chi connectivity index (χ4v) is 7.92. The molecular formula is C29H37N5O8S. The summed E-state index contributed by atoms with van der Waals surface area (Å²) in [5, 5.41) is 48.3. The van der Waals surface area contributed by atoms with E-state index in [-0.39, 0.29) is 42.1 Å². The maximum absolute atomic E-state index is 14.1. The number of thioether (sulfide) groups is 1. The van der Waals surface area contributed by atoms with Crippen LogP contribution in [0.1, 0.15) is 22.3 Å². The van der Waals surface area contributed by atoms with E-state index in [1.807, 2.05) is 16.7 Å². The van der Waals surface area contributed by atoms with Crippen molar-refractivity contribution in [3.8, 4) is 5.75 Å². The molecule has 4 atom stereocenters. The Kier molecular flexibility index (Phi) is 8.01. The van der Waals surface area contributed by atoms with Gasteiger partial charge in [-0.2, -0.15) is 11.8 Å². The molecule has 0 radical (unpaired) electrons. The molecule has 43 heavy (non-hydrogen) atoms. The molecular weight excluding hydrogens is 578 g/mol. The number of amides is 2. The van der Waals surface area contributed by atoms with E-state index >= 15 is 0 Å². The first-order valence-electron chi connectivity index (χ1n) is 14.0. The Morgan fingerprint density at radius 2 is 1.79 bits per heavy atom. The van der Waals surface area contributed by atoms with Gasteiger partial charge in [-0.3, -0.25) is 29.0 Å². The Hall–Kier alpha value is -3.59. The number of nitrogens with two attached hydrogens (primary N) is 1. The number of nitrogens with one attached hydrogen (secondary N) is 1. The number of fused-ring (bicyclic) bond motifs is 3. The summed E-state index contributed by atoms with van der Waals surface area (Å²) >= 11 is 1.81. The van der Waals surface area contributed by atoms with E-state index in [0.29, 0.717) is 11.3 Å². The molecule has 1 fully saturated rings. The van der Waals surface area contributed by atoms with Gasteiger partial charge in [0.1, 0.15) is 17.1 Å². The van der Waals surface area contributed by atoms with E-state index in [4.69, 9.17) is 5.73 Å². The summed E-state index contributed by atoms with van der Waals surface area (Å²) in [6.07, 6.45) is 0.140. The van der Waals surface area contributed by atoms with Gasteiger partial charge >= 0.3 is 0 Å². The lowest BCUT2D eigenvalue weighted by Gasteiger charge is -2.50. The molecule has 14 heteroatoms. The van der Waals surface area contributed by atoms with Gasteiger partial charge in [-0.25, -0.2) is 0 Å². The first kappa shape index (κ1) is 30.9. The highest BCUT2D eigenvalue weighted by Gasteiger charge is 2.63. The van der Waals surface area contributed by atoms with E-state index in [1.54, 1.807) is 39.2 Å². The molecule has 4 aliphatic rings. The summed E-state index contributed by atoms with van der Waals surface area (Å²) in [5.41, 5.74) is 2.46. The van der Waals surface area contributed by atoms with Crippen molar-refractivity contribution in [1.29, 1.82) is 0 Å². The maximum atomic E-state index is 14.1. The lowest BCUT2D eigenvalue weighted by molar-refractivity contribution is -0.148. The number of allylic oxidation sites excluding steroid dienone is 1. The second-order valence-corrected chi connectivity index (χ2v) is 13.2. The number of aliphatic hydroxyl groups is 3. The number of Topliss-reactive ketones (excluding diaryl/α,β-unsaturated/α-hetero) is 2. The molecule has 1 aliphatic heterocycles. The number of primary amides is 1. The summed E-state index contributed by atoms with van der Waals surface area (Å²) in [5.74, 6) is -5.76. The van der Waals surface area contributed by atoms with Crippen LogP contribution in [0.2, 0.25) is 0 Å². The van der Waals surface area contributed by atoms with Gasteiger partial charge in [0.25, 0.3) is 5.91 Å². The highest BCUT2D eigenvalue weighted by molar-refractivity contribution is 7.99. The molecule has 7 N–H and O–H groups in total. The number of carbonyl (C=O) groups is 4. The molecule has 2 amide bonds. The van der Waals surface area contributed by atoms with Crippen LogP contribution in [0.4, 0.5) is 11.4 Å². The number of aromatic hydroxyl groups is 1. The molecule has 0 spiro atoms. The van der Waals surface area contributed by atoms with Crippen LogP contribution in [0.25, 0.3) is 0 Å². The quantitative estimate of drug-likeness (QED) is 0.188. The Bertz CT molecular complexity index is 1480. The van der Waals surface area contributed by atoms with E-state index < -0.39 is 63.8 Å². The van der Waals surface area contributed by atoms with Crippen molar-refractivity contribution in [2.24, 2.45) is 17.6 Å². The van der Waals surface area contributed by atoms with Gasteiger partial charge in [0.05, 0.1) is 23.8 Å². The number of anilines is 2. The van der Waals surface area contributed by atoms with Crippen molar-refractivity contribution in [3.63, 3.8) is 0 Å². The molecule has 1 aromatic carbocycles. The molecule has 232 valence electrons. The average Bonchev–Trinajstić information content (AvgIpc) is 2.92. The van der Waals surface area contributed by atoms with E-state index in [9.17, 15) is 39.6 Å². The molecule has 13 nitrogen and oxygen atoms in total. The van der Waals surface area contributed by atoms with Gasteiger partial charge in [-0.1, -0.05) is 0 Å². The Balaban J connectivity index is 1.60. The number of phenolic OH excluding ortho intramolecular Hbond substituents is 1. The van der Waals surface area contributed by atoms with Gasteiger partial charge in [-0.05, 0) is 44.5 Å². The fraction of sp³-hybridized carbons (Fsp3) is 0.517. The number of likely N-dealkylation sites (N-methyl/N-ethyl adjacent to an activating group) is 1. The monoisotopic (exact) mass is 615 g/mol. The van der Waals surface area contributed by atoms with E-state index in [0.717, 1.165) is 24.6 Å². The van der Waals surface area contributed by atoms with Crippen LogP contribution in [0.5, 0.6) is 5.75 Å². The molecule has 0 aromatic heterocycles. The van der Waals surface area contributed by atoms with Crippen LogP contribution in [0, 0.1) is 11.8 Å². The molecule has 1 heterocycles. The normalized spacial score (nSPS) is 27.5. The second-order valence-electron chi connectivity index (χ2n) is 11.9. The minimum Gasteiger partial charge on any atom is -0.510 e. The summed E-state index contributed by atoms with van der Waals surface area (Å²) in [7, 11) is 6.67. The van der Waals surface area contributed by atoms with Crippen molar-refractivity contribution < 1.29 is 39.6 Å². The van der Waals surface area contributed by atoms with Gasteiger partial charge in [0.2, 0.25) is 11.7 Å². The van der Waals surface area contributed by atoms with Crippen LogP contribution in [-0.2, 0) is 20.8 Å². The maximum Gasteiger partial charge on any atom is 0.255 e. The van der Waals surface area contributed by atoms with Crippen molar-refractivity contribution in [2.75, 3.05) is 69.5 Å². The number of ketones is 2. The van der Waals surface area contributed by atoms with Crippen LogP contribution < -0.4 is 16.0 Å². The zero-order valence-electron chi connectivity index (χ0n) is 24.5. The predicted molar refractivity (Wildman–Crippen MR) is 160 cm³/mol. The van der Waals surface area contributed by atoms with Gasteiger partial charge in [-0.15, -0.1) is 0 Å².